The molecule has 1 aromatic carbocycles. The van der Waals surface area contributed by atoms with Crippen LogP contribution < -0.4 is 0 Å². The van der Waals surface area contributed by atoms with Gasteiger partial charge in [0.1, 0.15) is 6.61 Å². The van der Waals surface area contributed by atoms with Crippen LogP contribution in [0.4, 0.5) is 5.69 Å². The van der Waals surface area contributed by atoms with Crippen molar-refractivity contribution in [1.29, 1.82) is 0 Å². The summed E-state index contributed by atoms with van der Waals surface area (Å²) < 4.78 is 5.45. The van der Waals surface area contributed by atoms with Gasteiger partial charge in [-0.1, -0.05) is 33.6 Å². The summed E-state index contributed by atoms with van der Waals surface area (Å²) in [5, 5.41) is 34.0. The number of benzene rings is 1. The van der Waals surface area contributed by atoms with Gasteiger partial charge >= 0.3 is 5.97 Å². The van der Waals surface area contributed by atoms with Crippen molar-refractivity contribution in [2.24, 2.45) is 46.3 Å². The summed E-state index contributed by atoms with van der Waals surface area (Å²) in [5.74, 6) is 1.89. The highest BCUT2D eigenvalue weighted by molar-refractivity contribution is 5.69. The van der Waals surface area contributed by atoms with E-state index < -0.39 is 4.92 Å². The van der Waals surface area contributed by atoms with Gasteiger partial charge in [0.05, 0.1) is 17.1 Å². The molecule has 210 valence electrons. The first-order valence-corrected chi connectivity index (χ1v) is 14.8. The third-order valence-electron chi connectivity index (χ3n) is 11.8. The van der Waals surface area contributed by atoms with Crippen molar-refractivity contribution in [3.63, 3.8) is 0 Å². The van der Waals surface area contributed by atoms with E-state index in [-0.39, 0.29) is 53.1 Å². The number of aliphatic hydroxyl groups is 2. The van der Waals surface area contributed by atoms with Crippen molar-refractivity contribution in [3.8, 4) is 0 Å². The Bertz CT molecular complexity index is 1030. The third kappa shape index (κ3) is 4.68. The number of nitro benzene ring substituents is 1. The summed E-state index contributed by atoms with van der Waals surface area (Å²) in [4.78, 5) is 22.9. The van der Waals surface area contributed by atoms with Crippen LogP contribution >= 0.6 is 0 Å². The lowest BCUT2D eigenvalue weighted by Crippen LogP contribution is -2.61. The second-order valence-electron chi connectivity index (χ2n) is 13.4. The summed E-state index contributed by atoms with van der Waals surface area (Å²) in [7, 11) is 0. The molecule has 0 spiro atoms. The Kier molecular flexibility index (Phi) is 7.64. The predicted molar refractivity (Wildman–Crippen MR) is 144 cm³/mol. The normalized spacial score (nSPS) is 40.9. The zero-order chi connectivity index (χ0) is 27.2. The van der Waals surface area contributed by atoms with Gasteiger partial charge < -0.3 is 14.9 Å². The SMILES string of the molecule is CC(CCC(=O)OCc1ccc([N+](=O)[O-])cc1)C1CCC2C3C(O)CC4CCCCC4(C)C3CC(O)C12C. The van der Waals surface area contributed by atoms with E-state index in [1.807, 2.05) is 0 Å². The first kappa shape index (κ1) is 27.6. The Morgan fingerprint density at radius 2 is 1.84 bits per heavy atom. The number of carbonyl (C=O) groups excluding carboxylic acids is 1. The van der Waals surface area contributed by atoms with E-state index in [0.29, 0.717) is 36.5 Å². The molecule has 4 aliphatic rings. The standard InChI is InChI=1S/C31H45NO6/c1-19(7-14-28(35)38-18-20-8-10-22(11-9-20)32(36)37)23-12-13-24-29-25(17-27(34)31(23,24)3)30(2)15-5-4-6-21(30)16-26(29)33/h8-11,19,21,23-27,29,33-34H,4-7,12-18H2,1-3H3. The topological polar surface area (TPSA) is 110 Å². The quantitative estimate of drug-likeness (QED) is 0.254. The van der Waals surface area contributed by atoms with Crippen LogP contribution in [0.3, 0.4) is 0 Å². The second kappa shape index (κ2) is 10.5. The van der Waals surface area contributed by atoms with E-state index >= 15 is 0 Å². The van der Waals surface area contributed by atoms with E-state index in [0.717, 1.165) is 31.2 Å². The van der Waals surface area contributed by atoms with E-state index in [2.05, 4.69) is 20.8 Å². The number of hydrogen-bond acceptors (Lipinski definition) is 6. The molecule has 7 nitrogen and oxygen atoms in total. The molecule has 0 heterocycles. The van der Waals surface area contributed by atoms with Crippen LogP contribution in [-0.2, 0) is 16.1 Å². The molecular weight excluding hydrogens is 482 g/mol. The number of nitrogens with zero attached hydrogens (tertiary/aromatic N) is 1. The van der Waals surface area contributed by atoms with Crippen molar-refractivity contribution in [1.82, 2.24) is 0 Å². The number of ether oxygens (including phenoxy) is 1. The minimum absolute atomic E-state index is 0.0156. The molecule has 0 radical (unpaired) electrons. The van der Waals surface area contributed by atoms with E-state index in [4.69, 9.17) is 4.74 Å². The first-order chi connectivity index (χ1) is 18.1. The molecule has 0 bridgehead atoms. The largest absolute Gasteiger partial charge is 0.461 e. The van der Waals surface area contributed by atoms with Gasteiger partial charge in [0.15, 0.2) is 0 Å². The van der Waals surface area contributed by atoms with Crippen LogP contribution in [-0.4, -0.2) is 33.3 Å². The highest BCUT2D eigenvalue weighted by atomic mass is 16.6. The Labute approximate surface area is 226 Å². The van der Waals surface area contributed by atoms with Crippen LogP contribution in [0.25, 0.3) is 0 Å². The number of rotatable bonds is 7. The maximum Gasteiger partial charge on any atom is 0.306 e. The van der Waals surface area contributed by atoms with E-state index in [1.54, 1.807) is 12.1 Å². The Morgan fingerprint density at radius 1 is 1.11 bits per heavy atom. The summed E-state index contributed by atoms with van der Waals surface area (Å²) in [6, 6.07) is 6.06. The Hall–Kier alpha value is -1.99. The summed E-state index contributed by atoms with van der Waals surface area (Å²) in [6.45, 7) is 7.03. The number of esters is 1. The van der Waals surface area contributed by atoms with Crippen LogP contribution in [0.15, 0.2) is 24.3 Å². The number of non-ortho nitro benzene ring substituents is 1. The van der Waals surface area contributed by atoms with Crippen molar-refractivity contribution in [3.05, 3.63) is 39.9 Å². The first-order valence-electron chi connectivity index (χ1n) is 14.8. The Balaban J connectivity index is 1.20. The monoisotopic (exact) mass is 527 g/mol. The molecule has 0 saturated heterocycles. The van der Waals surface area contributed by atoms with Gasteiger partial charge in [0.25, 0.3) is 5.69 Å². The summed E-state index contributed by atoms with van der Waals surface area (Å²) >= 11 is 0. The lowest BCUT2D eigenvalue weighted by molar-refractivity contribution is -0.384. The Morgan fingerprint density at radius 3 is 2.55 bits per heavy atom. The van der Waals surface area contributed by atoms with Gasteiger partial charge in [-0.25, -0.2) is 0 Å². The van der Waals surface area contributed by atoms with E-state index in [9.17, 15) is 25.1 Å². The molecule has 4 aliphatic carbocycles. The van der Waals surface area contributed by atoms with E-state index in [1.165, 1.54) is 37.8 Å². The van der Waals surface area contributed by atoms with Crippen LogP contribution in [0.5, 0.6) is 0 Å². The maximum atomic E-state index is 12.5. The van der Waals surface area contributed by atoms with Crippen molar-refractivity contribution in [2.45, 2.75) is 104 Å². The van der Waals surface area contributed by atoms with Gasteiger partial charge in [0.2, 0.25) is 0 Å². The molecule has 0 amide bonds. The fraction of sp³-hybridized carbons (Fsp3) is 0.774. The zero-order valence-electron chi connectivity index (χ0n) is 23.2. The lowest BCUT2D eigenvalue weighted by atomic mass is 9.43. The smallest absolute Gasteiger partial charge is 0.306 e. The van der Waals surface area contributed by atoms with Crippen molar-refractivity contribution >= 4 is 11.7 Å². The molecule has 10 unspecified atom stereocenters. The average Bonchev–Trinajstić information content (AvgIpc) is 3.25. The molecule has 38 heavy (non-hydrogen) atoms. The molecular formula is C31H45NO6. The number of carbonyl (C=O) groups is 1. The number of fused-ring (bicyclic) bond motifs is 5. The lowest BCUT2D eigenvalue weighted by Gasteiger charge is -2.63. The molecule has 0 aromatic heterocycles. The second-order valence-corrected chi connectivity index (χ2v) is 13.4. The molecule has 1 aromatic rings. The molecule has 7 heteroatoms. The average molecular weight is 528 g/mol. The molecule has 2 N–H and O–H groups in total. The maximum absolute atomic E-state index is 12.5. The minimum atomic E-state index is -0.448. The highest BCUT2D eigenvalue weighted by Crippen LogP contribution is 2.68. The van der Waals surface area contributed by atoms with Gasteiger partial charge in [-0.3, -0.25) is 14.9 Å². The van der Waals surface area contributed by atoms with Gasteiger partial charge in [-0.2, -0.15) is 0 Å². The highest BCUT2D eigenvalue weighted by Gasteiger charge is 2.65. The third-order valence-corrected chi connectivity index (χ3v) is 11.8. The summed E-state index contributed by atoms with van der Waals surface area (Å²) in [5.41, 5.74) is 0.744. The number of aliphatic hydroxyl groups excluding tert-OH is 2. The van der Waals surface area contributed by atoms with Crippen LogP contribution in [0.2, 0.25) is 0 Å². The summed E-state index contributed by atoms with van der Waals surface area (Å²) in [6.07, 6.45) is 9.15. The predicted octanol–water partition coefficient (Wildman–Crippen LogP) is 6.04. The van der Waals surface area contributed by atoms with Gasteiger partial charge in [0, 0.05) is 18.6 Å². The van der Waals surface area contributed by atoms with Crippen molar-refractivity contribution < 1.29 is 24.7 Å². The van der Waals surface area contributed by atoms with Crippen molar-refractivity contribution in [2.75, 3.05) is 0 Å². The fourth-order valence-corrected chi connectivity index (χ4v) is 9.68. The van der Waals surface area contributed by atoms with Crippen LogP contribution in [0, 0.1) is 56.5 Å². The molecule has 0 aliphatic heterocycles. The fourth-order valence-electron chi connectivity index (χ4n) is 9.68. The number of nitro groups is 1. The van der Waals surface area contributed by atoms with Gasteiger partial charge in [-0.05, 0) is 109 Å². The van der Waals surface area contributed by atoms with Gasteiger partial charge in [-0.15, -0.1) is 0 Å². The molecule has 10 atom stereocenters. The van der Waals surface area contributed by atoms with Crippen LogP contribution in [0.1, 0.15) is 90.5 Å². The zero-order valence-corrected chi connectivity index (χ0v) is 23.2. The molecule has 4 saturated carbocycles. The number of hydrogen-bond donors (Lipinski definition) is 2. The minimum Gasteiger partial charge on any atom is -0.461 e. The molecule has 4 fully saturated rings. The molecule has 5 rings (SSSR count).